The molecule has 0 aliphatic rings. The van der Waals surface area contributed by atoms with Gasteiger partial charge in [0.05, 0.1) is 11.6 Å². The monoisotopic (exact) mass is 305 g/mol. The second-order valence-electron chi connectivity index (χ2n) is 4.99. The number of pyridine rings is 1. The van der Waals surface area contributed by atoms with Crippen LogP contribution in [-0.4, -0.2) is 17.6 Å². The van der Waals surface area contributed by atoms with Gasteiger partial charge < -0.3 is 4.74 Å². The number of nitrogens with zero attached hydrogens (tertiary/aromatic N) is 1. The second-order valence-corrected chi connectivity index (χ2v) is 5.40. The van der Waals surface area contributed by atoms with Crippen molar-refractivity contribution in [3.63, 3.8) is 0 Å². The molecule has 1 unspecified atom stereocenters. The summed E-state index contributed by atoms with van der Waals surface area (Å²) in [6.07, 6.45) is 4.92. The Morgan fingerprint density at radius 3 is 2.95 bits per heavy atom. The van der Waals surface area contributed by atoms with E-state index in [0.717, 1.165) is 24.2 Å². The first-order chi connectivity index (χ1) is 10.2. The van der Waals surface area contributed by atoms with E-state index < -0.39 is 0 Å². The predicted octanol–water partition coefficient (Wildman–Crippen LogP) is 2.89. The number of nitrogens with one attached hydrogen (secondary N) is 1. The SMILES string of the molecule is Cc1cccc(OCCC(Cc2ccncc2Cl)NN)c1. The van der Waals surface area contributed by atoms with Crippen molar-refractivity contribution in [2.24, 2.45) is 5.84 Å². The van der Waals surface area contributed by atoms with Crippen LogP contribution >= 0.6 is 11.6 Å². The summed E-state index contributed by atoms with van der Waals surface area (Å²) >= 11 is 6.11. The number of hydrogen-bond acceptors (Lipinski definition) is 4. The number of aryl methyl sites for hydroxylation is 1. The summed E-state index contributed by atoms with van der Waals surface area (Å²) in [5.41, 5.74) is 5.03. The molecule has 112 valence electrons. The normalized spacial score (nSPS) is 12.1. The average molecular weight is 306 g/mol. The summed E-state index contributed by atoms with van der Waals surface area (Å²) in [4.78, 5) is 3.98. The minimum absolute atomic E-state index is 0.106. The molecule has 0 saturated carbocycles. The van der Waals surface area contributed by atoms with Crippen molar-refractivity contribution in [2.75, 3.05) is 6.61 Å². The molecule has 0 amide bonds. The molecule has 2 rings (SSSR count). The van der Waals surface area contributed by atoms with Crippen LogP contribution in [0.3, 0.4) is 0 Å². The van der Waals surface area contributed by atoms with Gasteiger partial charge >= 0.3 is 0 Å². The van der Waals surface area contributed by atoms with E-state index in [-0.39, 0.29) is 6.04 Å². The van der Waals surface area contributed by atoms with Crippen molar-refractivity contribution in [2.45, 2.75) is 25.8 Å². The highest BCUT2D eigenvalue weighted by Gasteiger charge is 2.10. The van der Waals surface area contributed by atoms with Crippen molar-refractivity contribution in [1.82, 2.24) is 10.4 Å². The molecular weight excluding hydrogens is 286 g/mol. The molecule has 21 heavy (non-hydrogen) atoms. The van der Waals surface area contributed by atoms with Crippen LogP contribution in [0.25, 0.3) is 0 Å². The fraction of sp³-hybridized carbons (Fsp3) is 0.312. The lowest BCUT2D eigenvalue weighted by molar-refractivity contribution is 0.285. The van der Waals surface area contributed by atoms with Crippen LogP contribution in [0.4, 0.5) is 0 Å². The van der Waals surface area contributed by atoms with Crippen LogP contribution in [0.1, 0.15) is 17.5 Å². The van der Waals surface area contributed by atoms with E-state index in [0.29, 0.717) is 11.6 Å². The summed E-state index contributed by atoms with van der Waals surface area (Å²) in [6, 6.07) is 10.0. The Balaban J connectivity index is 1.84. The van der Waals surface area contributed by atoms with Gasteiger partial charge in [-0.3, -0.25) is 16.3 Å². The number of benzene rings is 1. The minimum Gasteiger partial charge on any atom is -0.494 e. The average Bonchev–Trinajstić information content (AvgIpc) is 2.48. The molecule has 5 heteroatoms. The number of nitrogens with two attached hydrogens (primary N) is 1. The third kappa shape index (κ3) is 5.01. The smallest absolute Gasteiger partial charge is 0.119 e. The van der Waals surface area contributed by atoms with Gasteiger partial charge in [0.25, 0.3) is 0 Å². The summed E-state index contributed by atoms with van der Waals surface area (Å²) in [5.74, 6) is 6.49. The topological polar surface area (TPSA) is 60.2 Å². The van der Waals surface area contributed by atoms with E-state index in [4.69, 9.17) is 22.2 Å². The molecule has 0 aliphatic carbocycles. The van der Waals surface area contributed by atoms with Gasteiger partial charge in [-0.25, -0.2) is 0 Å². The molecule has 1 aromatic heterocycles. The van der Waals surface area contributed by atoms with Gasteiger partial charge in [-0.05, 0) is 49.1 Å². The Labute approximate surface area is 130 Å². The van der Waals surface area contributed by atoms with Gasteiger partial charge in [0, 0.05) is 18.4 Å². The molecule has 0 fully saturated rings. The van der Waals surface area contributed by atoms with Crippen molar-refractivity contribution in [1.29, 1.82) is 0 Å². The Morgan fingerprint density at radius 1 is 1.38 bits per heavy atom. The summed E-state index contributed by atoms with van der Waals surface area (Å²) in [7, 11) is 0. The first-order valence-corrected chi connectivity index (χ1v) is 7.31. The number of aromatic nitrogens is 1. The zero-order valence-corrected chi connectivity index (χ0v) is 12.8. The molecule has 1 heterocycles. The zero-order valence-electron chi connectivity index (χ0n) is 12.1. The largest absolute Gasteiger partial charge is 0.494 e. The highest BCUT2D eigenvalue weighted by atomic mass is 35.5. The lowest BCUT2D eigenvalue weighted by Gasteiger charge is -2.17. The maximum atomic E-state index is 6.11. The Bertz CT molecular complexity index is 577. The number of halogens is 1. The second kappa shape index (κ2) is 7.98. The Kier molecular flexibility index (Phi) is 5.99. The predicted molar refractivity (Wildman–Crippen MR) is 85.4 cm³/mol. The lowest BCUT2D eigenvalue weighted by Crippen LogP contribution is -2.38. The van der Waals surface area contributed by atoms with E-state index in [1.54, 1.807) is 12.4 Å². The lowest BCUT2D eigenvalue weighted by atomic mass is 10.1. The van der Waals surface area contributed by atoms with Crippen LogP contribution in [-0.2, 0) is 6.42 Å². The van der Waals surface area contributed by atoms with Crippen molar-refractivity contribution in [3.8, 4) is 5.75 Å². The maximum Gasteiger partial charge on any atom is 0.119 e. The molecule has 1 aromatic carbocycles. The van der Waals surface area contributed by atoms with Crippen LogP contribution < -0.4 is 16.0 Å². The van der Waals surface area contributed by atoms with Crippen molar-refractivity contribution >= 4 is 11.6 Å². The van der Waals surface area contributed by atoms with Gasteiger partial charge in [-0.15, -0.1) is 0 Å². The summed E-state index contributed by atoms with van der Waals surface area (Å²) < 4.78 is 5.75. The van der Waals surface area contributed by atoms with Gasteiger partial charge in [-0.2, -0.15) is 0 Å². The van der Waals surface area contributed by atoms with Gasteiger partial charge in [0.2, 0.25) is 0 Å². The molecular formula is C16H20ClN3O. The number of hydrazine groups is 1. The summed E-state index contributed by atoms with van der Waals surface area (Å²) in [5, 5.41) is 0.664. The Hall–Kier alpha value is -1.62. The van der Waals surface area contributed by atoms with Crippen LogP contribution in [0, 0.1) is 6.92 Å². The van der Waals surface area contributed by atoms with Crippen LogP contribution in [0.5, 0.6) is 5.75 Å². The molecule has 0 saturated heterocycles. The van der Waals surface area contributed by atoms with E-state index in [2.05, 4.69) is 10.4 Å². The van der Waals surface area contributed by atoms with Crippen molar-refractivity contribution < 1.29 is 4.74 Å². The van der Waals surface area contributed by atoms with E-state index in [1.807, 2.05) is 37.3 Å². The van der Waals surface area contributed by atoms with Gasteiger partial charge in [0.15, 0.2) is 0 Å². The molecule has 1 atom stereocenters. The van der Waals surface area contributed by atoms with Crippen LogP contribution in [0.2, 0.25) is 5.02 Å². The van der Waals surface area contributed by atoms with Gasteiger partial charge in [0.1, 0.15) is 5.75 Å². The quantitative estimate of drug-likeness (QED) is 0.610. The molecule has 4 nitrogen and oxygen atoms in total. The molecule has 0 aliphatic heterocycles. The maximum absolute atomic E-state index is 6.11. The van der Waals surface area contributed by atoms with Crippen molar-refractivity contribution in [3.05, 3.63) is 58.9 Å². The highest BCUT2D eigenvalue weighted by molar-refractivity contribution is 6.31. The molecule has 0 spiro atoms. The molecule has 3 N–H and O–H groups in total. The first kappa shape index (κ1) is 15.8. The fourth-order valence-electron chi connectivity index (χ4n) is 2.10. The fourth-order valence-corrected chi connectivity index (χ4v) is 2.30. The Morgan fingerprint density at radius 2 is 2.24 bits per heavy atom. The number of ether oxygens (including phenoxy) is 1. The van der Waals surface area contributed by atoms with Crippen LogP contribution in [0.15, 0.2) is 42.7 Å². The molecule has 0 bridgehead atoms. The van der Waals surface area contributed by atoms with E-state index in [9.17, 15) is 0 Å². The molecule has 2 aromatic rings. The van der Waals surface area contributed by atoms with E-state index in [1.165, 1.54) is 5.56 Å². The minimum atomic E-state index is 0.106. The third-order valence-electron chi connectivity index (χ3n) is 3.28. The first-order valence-electron chi connectivity index (χ1n) is 6.93. The third-order valence-corrected chi connectivity index (χ3v) is 3.62. The summed E-state index contributed by atoms with van der Waals surface area (Å²) in [6.45, 7) is 2.64. The highest BCUT2D eigenvalue weighted by Crippen LogP contribution is 2.17. The zero-order chi connectivity index (χ0) is 15.1. The standard InChI is InChI=1S/C16H20ClN3O/c1-12-3-2-4-15(9-12)21-8-6-14(20-18)10-13-5-7-19-11-16(13)17/h2-5,7,9,11,14,20H,6,8,10,18H2,1H3. The van der Waals surface area contributed by atoms with Gasteiger partial charge in [-0.1, -0.05) is 23.7 Å². The van der Waals surface area contributed by atoms with E-state index >= 15 is 0 Å². The molecule has 0 radical (unpaired) electrons. The number of hydrogen-bond donors (Lipinski definition) is 2. The number of rotatable bonds is 7.